The van der Waals surface area contributed by atoms with Crippen LogP contribution in [0.2, 0.25) is 0 Å². The van der Waals surface area contributed by atoms with Crippen molar-refractivity contribution in [1.82, 2.24) is 21.3 Å². The van der Waals surface area contributed by atoms with Gasteiger partial charge in [-0.1, -0.05) is 26.0 Å². The SMILES string of the molecule is CCC(CC(C(=O)NCCc1ccc(O)c(O)c1)C(C)(C)C(=O)OCCOC(=O)C(C)(C)CC(CC(C)C(=O)NC(C)C)C(=O)NCCc1ccc(O)c(O)c1)C(=O)NC(C)C. The molecule has 2 rings (SSSR count). The summed E-state index contributed by atoms with van der Waals surface area (Å²) in [5.41, 5.74) is -1.31. The number of rotatable bonds is 25. The molecule has 0 fully saturated rings. The molecule has 0 aliphatic carbocycles. The molecule has 0 aliphatic heterocycles. The van der Waals surface area contributed by atoms with Crippen LogP contribution in [0.25, 0.3) is 0 Å². The van der Waals surface area contributed by atoms with Crippen LogP contribution < -0.4 is 21.3 Å². The fourth-order valence-electron chi connectivity index (χ4n) is 6.99. The van der Waals surface area contributed by atoms with E-state index in [-0.39, 0.29) is 98.4 Å². The lowest BCUT2D eigenvalue weighted by atomic mass is 9.73. The van der Waals surface area contributed by atoms with Gasteiger partial charge in [-0.3, -0.25) is 28.8 Å². The van der Waals surface area contributed by atoms with Crippen LogP contribution in [0.15, 0.2) is 36.4 Å². The van der Waals surface area contributed by atoms with Crippen LogP contribution in [0.3, 0.4) is 0 Å². The van der Waals surface area contributed by atoms with Gasteiger partial charge in [0, 0.05) is 42.9 Å². The van der Waals surface area contributed by atoms with E-state index in [9.17, 15) is 49.2 Å². The zero-order valence-corrected chi connectivity index (χ0v) is 38.1. The lowest BCUT2D eigenvalue weighted by Gasteiger charge is -2.33. The average Bonchev–Trinajstić information content (AvgIpc) is 3.18. The maximum atomic E-state index is 13.8. The van der Waals surface area contributed by atoms with Gasteiger partial charge in [-0.25, -0.2) is 0 Å². The van der Waals surface area contributed by atoms with E-state index in [1.165, 1.54) is 24.3 Å². The Labute approximate surface area is 365 Å². The van der Waals surface area contributed by atoms with Gasteiger partial charge in [0.2, 0.25) is 23.6 Å². The lowest BCUT2D eigenvalue weighted by Crippen LogP contribution is -2.47. The van der Waals surface area contributed by atoms with Crippen LogP contribution >= 0.6 is 0 Å². The van der Waals surface area contributed by atoms with Crippen LogP contribution in [-0.4, -0.2) is 94.4 Å². The summed E-state index contributed by atoms with van der Waals surface area (Å²) in [4.78, 5) is 80.5. The molecule has 0 spiro atoms. The number of hydrogen-bond donors (Lipinski definition) is 8. The fourth-order valence-corrected chi connectivity index (χ4v) is 6.99. The third-order valence-corrected chi connectivity index (χ3v) is 10.8. The molecule has 0 saturated heterocycles. The average molecular weight is 871 g/mol. The summed E-state index contributed by atoms with van der Waals surface area (Å²) in [7, 11) is 0. The lowest BCUT2D eigenvalue weighted by molar-refractivity contribution is -0.167. The molecule has 4 unspecified atom stereocenters. The zero-order chi connectivity index (χ0) is 46.9. The number of carbonyl (C=O) groups excluding carboxylic acids is 6. The van der Waals surface area contributed by atoms with E-state index in [0.717, 1.165) is 0 Å². The molecule has 16 heteroatoms. The van der Waals surface area contributed by atoms with Gasteiger partial charge in [-0.15, -0.1) is 0 Å². The molecule has 16 nitrogen and oxygen atoms in total. The van der Waals surface area contributed by atoms with Crippen LogP contribution in [-0.2, 0) is 51.1 Å². The monoisotopic (exact) mass is 870 g/mol. The summed E-state index contributed by atoms with van der Waals surface area (Å²) in [6, 6.07) is 8.46. The van der Waals surface area contributed by atoms with Crippen LogP contribution in [0, 0.1) is 34.5 Å². The first-order valence-corrected chi connectivity index (χ1v) is 21.4. The second kappa shape index (κ2) is 24.2. The van der Waals surface area contributed by atoms with E-state index in [1.54, 1.807) is 46.8 Å². The highest BCUT2D eigenvalue weighted by Crippen LogP contribution is 2.36. The standard InChI is InChI=1S/C46H70N4O12/c1-11-32(41(57)50-28(4)5)25-34(42(58)48-19-17-31-13-15-36(52)38(54)24-31)46(9,10)44(60)62-21-20-61-43(59)45(7,8)26-33(22-29(6)39(55)49-27(2)3)40(56)47-18-16-30-12-14-35(51)37(53)23-30/h12-15,23-24,27-29,32-34,51-54H,11,16-22,25-26H2,1-10H3,(H,47,56)(H,48,58)(H,49,55)(H,50,57). The van der Waals surface area contributed by atoms with E-state index < -0.39 is 52.3 Å². The first-order chi connectivity index (χ1) is 28.9. The summed E-state index contributed by atoms with van der Waals surface area (Å²) in [6.45, 7) is 16.9. The van der Waals surface area contributed by atoms with E-state index in [4.69, 9.17) is 9.47 Å². The molecule has 0 heterocycles. The number of phenolic OH excluding ortho intramolecular Hbond substituents is 4. The third-order valence-electron chi connectivity index (χ3n) is 10.8. The molecule has 346 valence electrons. The Hall–Kier alpha value is -5.54. The molecule has 0 aliphatic rings. The first kappa shape index (κ1) is 52.6. The maximum absolute atomic E-state index is 13.8. The predicted octanol–water partition coefficient (Wildman–Crippen LogP) is 4.78. The molecular weight excluding hydrogens is 801 g/mol. The van der Waals surface area contributed by atoms with Gasteiger partial charge < -0.3 is 51.2 Å². The van der Waals surface area contributed by atoms with Gasteiger partial charge in [0.25, 0.3) is 0 Å². The summed E-state index contributed by atoms with van der Waals surface area (Å²) in [5.74, 6) is -6.78. The Balaban J connectivity index is 2.13. The normalized spacial score (nSPS) is 13.7. The smallest absolute Gasteiger partial charge is 0.312 e. The van der Waals surface area contributed by atoms with Crippen LogP contribution in [0.5, 0.6) is 23.0 Å². The number of phenols is 4. The number of amides is 4. The second-order valence-corrected chi connectivity index (χ2v) is 17.9. The predicted molar refractivity (Wildman–Crippen MR) is 233 cm³/mol. The van der Waals surface area contributed by atoms with Gasteiger partial charge in [-0.2, -0.15) is 0 Å². The highest BCUT2D eigenvalue weighted by molar-refractivity contribution is 5.89. The van der Waals surface area contributed by atoms with Crippen molar-refractivity contribution in [2.24, 2.45) is 34.5 Å². The number of nitrogens with one attached hydrogen (secondary N) is 4. The summed E-state index contributed by atoms with van der Waals surface area (Å²) in [6.07, 6.45) is 1.28. The molecule has 0 saturated carbocycles. The Bertz CT molecular complexity index is 1840. The molecule has 8 N–H and O–H groups in total. The van der Waals surface area contributed by atoms with Crippen molar-refractivity contribution in [2.75, 3.05) is 26.3 Å². The minimum Gasteiger partial charge on any atom is -0.504 e. The van der Waals surface area contributed by atoms with Crippen molar-refractivity contribution in [1.29, 1.82) is 0 Å². The number of benzene rings is 2. The largest absolute Gasteiger partial charge is 0.504 e. The molecule has 4 atom stereocenters. The molecule has 0 radical (unpaired) electrons. The molecule has 2 aromatic carbocycles. The highest BCUT2D eigenvalue weighted by Gasteiger charge is 2.44. The Kier molecular flexibility index (Phi) is 20.5. The van der Waals surface area contributed by atoms with Gasteiger partial charge in [-0.05, 0) is 129 Å². The maximum Gasteiger partial charge on any atom is 0.312 e. The van der Waals surface area contributed by atoms with Crippen LogP contribution in [0.4, 0.5) is 0 Å². The van der Waals surface area contributed by atoms with Gasteiger partial charge >= 0.3 is 11.9 Å². The van der Waals surface area contributed by atoms with Crippen molar-refractivity contribution in [3.63, 3.8) is 0 Å². The first-order valence-electron chi connectivity index (χ1n) is 21.4. The van der Waals surface area contributed by atoms with Crippen molar-refractivity contribution in [3.8, 4) is 23.0 Å². The molecular formula is C46H70N4O12. The van der Waals surface area contributed by atoms with E-state index in [0.29, 0.717) is 30.4 Å². The van der Waals surface area contributed by atoms with Gasteiger partial charge in [0.15, 0.2) is 23.0 Å². The van der Waals surface area contributed by atoms with E-state index in [1.807, 2.05) is 34.6 Å². The minimum atomic E-state index is -1.43. The number of hydrogen-bond acceptors (Lipinski definition) is 12. The van der Waals surface area contributed by atoms with Crippen molar-refractivity contribution in [3.05, 3.63) is 47.5 Å². The highest BCUT2D eigenvalue weighted by atomic mass is 16.6. The van der Waals surface area contributed by atoms with Crippen molar-refractivity contribution >= 4 is 35.6 Å². The number of carbonyl (C=O) groups is 6. The van der Waals surface area contributed by atoms with Crippen molar-refractivity contribution < 1.29 is 58.7 Å². The molecule has 0 bridgehead atoms. The molecule has 2 aromatic rings. The molecule has 0 aromatic heterocycles. The van der Waals surface area contributed by atoms with Gasteiger partial charge in [0.05, 0.1) is 16.7 Å². The van der Waals surface area contributed by atoms with E-state index >= 15 is 0 Å². The molecule has 4 amide bonds. The number of ether oxygens (including phenoxy) is 2. The number of esters is 2. The Morgan fingerprint density at radius 2 is 1.06 bits per heavy atom. The van der Waals surface area contributed by atoms with E-state index in [2.05, 4.69) is 21.3 Å². The zero-order valence-electron chi connectivity index (χ0n) is 38.1. The third kappa shape index (κ3) is 16.7. The quantitative estimate of drug-likeness (QED) is 0.0382. The van der Waals surface area contributed by atoms with Crippen molar-refractivity contribution in [2.45, 2.75) is 120 Å². The van der Waals surface area contributed by atoms with Gasteiger partial charge in [0.1, 0.15) is 13.2 Å². The topological polar surface area (TPSA) is 250 Å². The Morgan fingerprint density at radius 3 is 1.53 bits per heavy atom. The van der Waals surface area contributed by atoms with Crippen LogP contribution in [0.1, 0.15) is 106 Å². The summed E-state index contributed by atoms with van der Waals surface area (Å²) >= 11 is 0. The number of aromatic hydroxyl groups is 4. The summed E-state index contributed by atoms with van der Waals surface area (Å²) in [5, 5.41) is 50.4. The fraction of sp³-hybridized carbons (Fsp3) is 0.609. The second-order valence-electron chi connectivity index (χ2n) is 17.9. The summed E-state index contributed by atoms with van der Waals surface area (Å²) < 4.78 is 11.1. The molecule has 62 heavy (non-hydrogen) atoms. The Morgan fingerprint density at radius 1 is 0.597 bits per heavy atom. The minimum absolute atomic E-state index is 0.0253.